The Morgan fingerprint density at radius 3 is 2.40 bits per heavy atom. The van der Waals surface area contributed by atoms with E-state index in [0.29, 0.717) is 23.6 Å². The van der Waals surface area contributed by atoms with Gasteiger partial charge in [0.2, 0.25) is 0 Å². The number of anilines is 1. The summed E-state index contributed by atoms with van der Waals surface area (Å²) in [5, 5.41) is 12.4. The number of aromatic nitrogens is 4. The summed E-state index contributed by atoms with van der Waals surface area (Å²) in [4.78, 5) is 24.3. The van der Waals surface area contributed by atoms with Crippen LogP contribution in [0.2, 0.25) is 0 Å². The number of rotatable bonds is 6. The molecule has 8 nitrogen and oxygen atoms in total. The highest BCUT2D eigenvalue weighted by molar-refractivity contribution is 5.96. The Kier molecular flexibility index (Phi) is 5.38. The zero-order valence-corrected chi connectivity index (χ0v) is 16.3. The molecule has 30 heavy (non-hydrogen) atoms. The van der Waals surface area contributed by atoms with E-state index >= 15 is 0 Å². The highest BCUT2D eigenvalue weighted by Crippen LogP contribution is 2.17. The first kappa shape index (κ1) is 19.1. The molecule has 0 radical (unpaired) electrons. The van der Waals surface area contributed by atoms with Crippen molar-refractivity contribution in [3.63, 3.8) is 0 Å². The van der Waals surface area contributed by atoms with E-state index in [1.807, 2.05) is 60.7 Å². The fourth-order valence-corrected chi connectivity index (χ4v) is 3.07. The molecule has 2 aromatic carbocycles. The number of H-pyrrole nitrogens is 1. The Balaban J connectivity index is 1.60. The maximum Gasteiger partial charge on any atom is 0.273 e. The predicted octanol–water partition coefficient (Wildman–Crippen LogP) is 2.62. The molecule has 0 atom stereocenters. The molecule has 1 amide bonds. The quantitative estimate of drug-likeness (QED) is 0.485. The van der Waals surface area contributed by atoms with E-state index in [1.165, 1.54) is 16.9 Å². The van der Waals surface area contributed by atoms with Gasteiger partial charge < -0.3 is 0 Å². The molecule has 2 heterocycles. The maximum absolute atomic E-state index is 13.1. The van der Waals surface area contributed by atoms with Crippen molar-refractivity contribution in [1.29, 1.82) is 0 Å². The first-order valence-corrected chi connectivity index (χ1v) is 9.40. The summed E-state index contributed by atoms with van der Waals surface area (Å²) in [6.07, 6.45) is 1.49. The molecule has 4 aromatic rings. The zero-order chi connectivity index (χ0) is 20.9. The van der Waals surface area contributed by atoms with Crippen LogP contribution in [-0.4, -0.2) is 25.9 Å². The molecule has 8 heteroatoms. The number of carbonyl (C=O) groups is 1. The molecule has 0 spiro atoms. The summed E-state index contributed by atoms with van der Waals surface area (Å²) in [5.74, 6) is 0.137. The largest absolute Gasteiger partial charge is 0.281 e. The average molecular weight is 400 g/mol. The van der Waals surface area contributed by atoms with Gasteiger partial charge in [0.25, 0.3) is 11.5 Å². The van der Waals surface area contributed by atoms with Crippen molar-refractivity contribution in [2.75, 3.05) is 5.01 Å². The van der Waals surface area contributed by atoms with E-state index in [0.717, 1.165) is 11.3 Å². The summed E-state index contributed by atoms with van der Waals surface area (Å²) in [5.41, 5.74) is 5.62. The number of carbonyl (C=O) groups excluding carboxylic acids is 1. The van der Waals surface area contributed by atoms with Gasteiger partial charge in [0, 0.05) is 6.07 Å². The minimum Gasteiger partial charge on any atom is -0.281 e. The molecule has 0 saturated carbocycles. The van der Waals surface area contributed by atoms with Crippen LogP contribution in [0.4, 0.5) is 5.69 Å². The third-order valence-corrected chi connectivity index (χ3v) is 4.62. The first-order chi connectivity index (χ1) is 14.6. The molecular weight excluding hydrogens is 380 g/mol. The third-order valence-electron chi connectivity index (χ3n) is 4.62. The lowest BCUT2D eigenvalue weighted by atomic mass is 10.2. The SMILES string of the molecule is Cc1c(C(=O)NN(Cc2ccccc2)c2ccccc2)cnn1-c1ccc(=O)[nH]n1. The van der Waals surface area contributed by atoms with Crippen molar-refractivity contribution >= 4 is 11.6 Å². The highest BCUT2D eigenvalue weighted by atomic mass is 16.2. The Bertz CT molecular complexity index is 1180. The highest BCUT2D eigenvalue weighted by Gasteiger charge is 2.19. The number of para-hydroxylation sites is 1. The smallest absolute Gasteiger partial charge is 0.273 e. The van der Waals surface area contributed by atoms with Gasteiger partial charge in [0.1, 0.15) is 0 Å². The molecule has 0 fully saturated rings. The molecule has 4 rings (SSSR count). The molecule has 0 unspecified atom stereocenters. The van der Waals surface area contributed by atoms with Gasteiger partial charge in [-0.15, -0.1) is 0 Å². The maximum atomic E-state index is 13.1. The van der Waals surface area contributed by atoms with Gasteiger partial charge in [0.05, 0.1) is 29.7 Å². The third kappa shape index (κ3) is 4.12. The van der Waals surface area contributed by atoms with Gasteiger partial charge in [-0.1, -0.05) is 48.5 Å². The molecule has 0 saturated heterocycles. The Labute approximate surface area is 172 Å². The number of hydrogen-bond acceptors (Lipinski definition) is 5. The van der Waals surface area contributed by atoms with Gasteiger partial charge in [-0.05, 0) is 30.7 Å². The lowest BCUT2D eigenvalue weighted by Gasteiger charge is -2.25. The predicted molar refractivity (Wildman–Crippen MR) is 113 cm³/mol. The van der Waals surface area contributed by atoms with Crippen molar-refractivity contribution < 1.29 is 4.79 Å². The number of aromatic amines is 1. The van der Waals surface area contributed by atoms with Crippen LogP contribution in [0.3, 0.4) is 0 Å². The average Bonchev–Trinajstić information content (AvgIpc) is 3.16. The Morgan fingerprint density at radius 2 is 1.73 bits per heavy atom. The number of hydrogen-bond donors (Lipinski definition) is 2. The number of amides is 1. The molecule has 2 N–H and O–H groups in total. The van der Waals surface area contributed by atoms with Crippen LogP contribution in [0.15, 0.2) is 83.8 Å². The van der Waals surface area contributed by atoms with Crippen molar-refractivity contribution in [1.82, 2.24) is 25.4 Å². The number of benzene rings is 2. The molecule has 2 aromatic heterocycles. The van der Waals surface area contributed by atoms with Gasteiger partial charge in [0.15, 0.2) is 5.82 Å². The molecule has 150 valence electrons. The molecule has 0 aliphatic rings. The van der Waals surface area contributed by atoms with Crippen LogP contribution in [0, 0.1) is 6.92 Å². The zero-order valence-electron chi connectivity index (χ0n) is 16.3. The second-order valence-corrected chi connectivity index (χ2v) is 6.68. The van der Waals surface area contributed by atoms with Gasteiger partial charge in [-0.2, -0.15) is 10.2 Å². The van der Waals surface area contributed by atoms with Crippen LogP contribution < -0.4 is 16.0 Å². The molecule has 0 aliphatic heterocycles. The number of hydrazine groups is 1. The monoisotopic (exact) mass is 400 g/mol. The van der Waals surface area contributed by atoms with E-state index in [-0.39, 0.29) is 11.5 Å². The second-order valence-electron chi connectivity index (χ2n) is 6.68. The van der Waals surface area contributed by atoms with Crippen molar-refractivity contribution in [3.05, 3.63) is 106 Å². The fraction of sp³-hybridized carbons (Fsp3) is 0.0909. The summed E-state index contributed by atoms with van der Waals surface area (Å²) in [7, 11) is 0. The second kappa shape index (κ2) is 8.44. The van der Waals surface area contributed by atoms with Crippen LogP contribution in [0.5, 0.6) is 0 Å². The van der Waals surface area contributed by atoms with Crippen LogP contribution in [0.1, 0.15) is 21.6 Å². The first-order valence-electron chi connectivity index (χ1n) is 9.40. The van der Waals surface area contributed by atoms with E-state index in [1.54, 1.807) is 18.0 Å². The van der Waals surface area contributed by atoms with Crippen molar-refractivity contribution in [3.8, 4) is 5.82 Å². The topological polar surface area (TPSA) is 95.9 Å². The lowest BCUT2D eigenvalue weighted by Crippen LogP contribution is -2.42. The normalized spacial score (nSPS) is 10.6. The van der Waals surface area contributed by atoms with Crippen LogP contribution in [0.25, 0.3) is 5.82 Å². The summed E-state index contributed by atoms with van der Waals surface area (Å²) < 4.78 is 1.51. The standard InChI is InChI=1S/C22H20N6O2/c1-16-19(14-23-28(16)20-12-13-21(29)25-24-20)22(30)26-27(18-10-6-3-7-11-18)15-17-8-4-2-5-9-17/h2-14H,15H2,1H3,(H,25,29)(H,26,30). The van der Waals surface area contributed by atoms with E-state index < -0.39 is 0 Å². The van der Waals surface area contributed by atoms with E-state index in [4.69, 9.17) is 0 Å². The van der Waals surface area contributed by atoms with E-state index in [9.17, 15) is 9.59 Å². The van der Waals surface area contributed by atoms with E-state index in [2.05, 4.69) is 20.7 Å². The van der Waals surface area contributed by atoms with Gasteiger partial charge in [-0.3, -0.25) is 20.0 Å². The fourth-order valence-electron chi connectivity index (χ4n) is 3.07. The molecular formula is C22H20N6O2. The van der Waals surface area contributed by atoms with Crippen LogP contribution >= 0.6 is 0 Å². The van der Waals surface area contributed by atoms with Crippen LogP contribution in [-0.2, 0) is 6.54 Å². The Morgan fingerprint density at radius 1 is 1.03 bits per heavy atom. The van der Waals surface area contributed by atoms with Gasteiger partial charge >= 0.3 is 0 Å². The van der Waals surface area contributed by atoms with Crippen molar-refractivity contribution in [2.45, 2.75) is 13.5 Å². The molecule has 0 aliphatic carbocycles. The summed E-state index contributed by atoms with van der Waals surface area (Å²) in [6.45, 7) is 2.28. The van der Waals surface area contributed by atoms with Gasteiger partial charge in [-0.25, -0.2) is 9.78 Å². The van der Waals surface area contributed by atoms with Crippen molar-refractivity contribution in [2.24, 2.45) is 0 Å². The Hall–Kier alpha value is -4.20. The number of nitrogens with zero attached hydrogens (tertiary/aromatic N) is 4. The minimum atomic E-state index is -0.305. The number of nitrogens with one attached hydrogen (secondary N) is 2. The summed E-state index contributed by atoms with van der Waals surface area (Å²) in [6, 6.07) is 22.4. The minimum absolute atomic E-state index is 0.289. The summed E-state index contributed by atoms with van der Waals surface area (Å²) >= 11 is 0. The lowest BCUT2D eigenvalue weighted by molar-refractivity contribution is 0.0947. The molecule has 0 bridgehead atoms.